The molecule has 2 aliphatic rings. The highest BCUT2D eigenvalue weighted by Crippen LogP contribution is 2.55. The molecule has 1 fully saturated rings. The molecule has 0 bridgehead atoms. The predicted octanol–water partition coefficient (Wildman–Crippen LogP) is 3.39. The number of rotatable bonds is 1. The first kappa shape index (κ1) is 14.0. The molecule has 0 aromatic carbocycles. The van der Waals surface area contributed by atoms with Gasteiger partial charge in [0.05, 0.1) is 6.10 Å². The van der Waals surface area contributed by atoms with Gasteiger partial charge in [0, 0.05) is 11.8 Å². The van der Waals surface area contributed by atoms with Gasteiger partial charge in [0.1, 0.15) is 6.10 Å². The number of allylic oxidation sites excluding steroid dienone is 1. The van der Waals surface area contributed by atoms with Gasteiger partial charge in [-0.1, -0.05) is 33.3 Å². The van der Waals surface area contributed by atoms with E-state index < -0.39 is 6.10 Å². The summed E-state index contributed by atoms with van der Waals surface area (Å²) < 4.78 is 0. The molecular formula is C15H26O3. The Kier molecular flexibility index (Phi) is 3.60. The van der Waals surface area contributed by atoms with E-state index in [9.17, 15) is 5.11 Å². The summed E-state index contributed by atoms with van der Waals surface area (Å²) >= 11 is 0. The smallest absolute Gasteiger partial charge is 0.116 e. The van der Waals surface area contributed by atoms with E-state index in [1.54, 1.807) is 0 Å². The number of aliphatic hydroxyl groups excluding tert-OH is 1. The lowest BCUT2D eigenvalue weighted by molar-refractivity contribution is -0.274. The third-order valence-corrected chi connectivity index (χ3v) is 5.35. The molecule has 3 nitrogen and oxygen atoms in total. The third-order valence-electron chi connectivity index (χ3n) is 5.35. The zero-order chi connectivity index (χ0) is 13.6. The molecule has 2 aliphatic carbocycles. The second-order valence-electron chi connectivity index (χ2n) is 7.08. The lowest BCUT2D eigenvalue weighted by Crippen LogP contribution is -2.47. The van der Waals surface area contributed by atoms with Crippen LogP contribution in [0.15, 0.2) is 11.6 Å². The zero-order valence-electron chi connectivity index (χ0n) is 11.9. The lowest BCUT2D eigenvalue weighted by Gasteiger charge is -2.51. The molecule has 0 radical (unpaired) electrons. The van der Waals surface area contributed by atoms with Crippen LogP contribution in [-0.2, 0) is 4.89 Å². The van der Waals surface area contributed by atoms with Crippen LogP contribution in [-0.4, -0.2) is 22.6 Å². The van der Waals surface area contributed by atoms with Crippen LogP contribution >= 0.6 is 0 Å². The minimum Gasteiger partial charge on any atom is -0.392 e. The first-order valence-electron chi connectivity index (χ1n) is 6.98. The third kappa shape index (κ3) is 2.13. The number of hydrogen-bond donors (Lipinski definition) is 2. The SMILES string of the molecule is CC1=C[C@@H]2C(C)(C)CCC[C@@]2(C)[C@H](O)C[C@H]1OO. The molecule has 0 aromatic heterocycles. The fraction of sp³-hybridized carbons (Fsp3) is 0.867. The van der Waals surface area contributed by atoms with E-state index in [-0.39, 0.29) is 16.9 Å². The van der Waals surface area contributed by atoms with E-state index in [4.69, 9.17) is 5.26 Å². The highest BCUT2D eigenvalue weighted by atomic mass is 17.1. The van der Waals surface area contributed by atoms with Gasteiger partial charge in [0.2, 0.25) is 0 Å². The van der Waals surface area contributed by atoms with E-state index >= 15 is 0 Å². The lowest BCUT2D eigenvalue weighted by atomic mass is 9.54. The monoisotopic (exact) mass is 254 g/mol. The van der Waals surface area contributed by atoms with Crippen LogP contribution < -0.4 is 0 Å². The Hall–Kier alpha value is -0.380. The molecule has 2 rings (SSSR count). The van der Waals surface area contributed by atoms with Crippen molar-refractivity contribution in [1.29, 1.82) is 0 Å². The summed E-state index contributed by atoms with van der Waals surface area (Å²) in [6, 6.07) is 0. The summed E-state index contributed by atoms with van der Waals surface area (Å²) in [5.74, 6) is 0.342. The van der Waals surface area contributed by atoms with Gasteiger partial charge >= 0.3 is 0 Å². The maximum absolute atomic E-state index is 10.6. The van der Waals surface area contributed by atoms with Crippen LogP contribution in [0.5, 0.6) is 0 Å². The Morgan fingerprint density at radius 3 is 2.56 bits per heavy atom. The first-order chi connectivity index (χ1) is 8.31. The van der Waals surface area contributed by atoms with Gasteiger partial charge in [-0.3, -0.25) is 5.26 Å². The standard InChI is InChI=1S/C15H26O3/c1-10-8-12-14(2,3)6-5-7-15(12,4)13(16)9-11(10)18-17/h8,11-13,16-17H,5-7,9H2,1-4H3/t11-,12-,13-,15-/m1/s1. The van der Waals surface area contributed by atoms with E-state index in [0.29, 0.717) is 12.3 Å². The van der Waals surface area contributed by atoms with Crippen molar-refractivity contribution in [3.05, 3.63) is 11.6 Å². The molecule has 0 aromatic rings. The van der Waals surface area contributed by atoms with Gasteiger partial charge in [-0.15, -0.1) is 0 Å². The maximum Gasteiger partial charge on any atom is 0.116 e. The van der Waals surface area contributed by atoms with Gasteiger partial charge in [0.15, 0.2) is 0 Å². The number of hydrogen-bond acceptors (Lipinski definition) is 3. The summed E-state index contributed by atoms with van der Waals surface area (Å²) in [5.41, 5.74) is 1.14. The van der Waals surface area contributed by atoms with Gasteiger partial charge in [0.25, 0.3) is 0 Å². The highest BCUT2D eigenvalue weighted by Gasteiger charge is 2.51. The average Bonchev–Trinajstić information content (AvgIpc) is 2.38. The maximum atomic E-state index is 10.6. The second-order valence-corrected chi connectivity index (χ2v) is 7.08. The largest absolute Gasteiger partial charge is 0.392 e. The zero-order valence-corrected chi connectivity index (χ0v) is 11.9. The van der Waals surface area contributed by atoms with Crippen LogP contribution in [0.25, 0.3) is 0 Å². The molecular weight excluding hydrogens is 228 g/mol. The van der Waals surface area contributed by atoms with E-state index in [0.717, 1.165) is 18.4 Å². The van der Waals surface area contributed by atoms with Crippen molar-refractivity contribution in [2.24, 2.45) is 16.7 Å². The fourth-order valence-electron chi connectivity index (χ4n) is 4.07. The van der Waals surface area contributed by atoms with E-state index in [2.05, 4.69) is 31.7 Å². The molecule has 104 valence electrons. The van der Waals surface area contributed by atoms with E-state index in [1.807, 2.05) is 6.92 Å². The van der Waals surface area contributed by atoms with E-state index in [1.165, 1.54) is 6.42 Å². The van der Waals surface area contributed by atoms with Crippen LogP contribution in [0.4, 0.5) is 0 Å². The summed E-state index contributed by atoms with van der Waals surface area (Å²) in [4.78, 5) is 4.54. The summed E-state index contributed by atoms with van der Waals surface area (Å²) in [6.45, 7) is 8.74. The van der Waals surface area contributed by atoms with Crippen molar-refractivity contribution in [3.8, 4) is 0 Å². The van der Waals surface area contributed by atoms with Gasteiger partial charge in [-0.25, -0.2) is 4.89 Å². The molecule has 0 amide bonds. The van der Waals surface area contributed by atoms with Crippen molar-refractivity contribution in [3.63, 3.8) is 0 Å². The Bertz CT molecular complexity index is 348. The Morgan fingerprint density at radius 2 is 1.94 bits per heavy atom. The van der Waals surface area contributed by atoms with Gasteiger partial charge < -0.3 is 5.11 Å². The fourth-order valence-corrected chi connectivity index (χ4v) is 4.07. The van der Waals surface area contributed by atoms with Crippen molar-refractivity contribution in [2.75, 3.05) is 0 Å². The first-order valence-corrected chi connectivity index (χ1v) is 6.98. The molecule has 1 saturated carbocycles. The van der Waals surface area contributed by atoms with Crippen LogP contribution in [0.3, 0.4) is 0 Å². The topological polar surface area (TPSA) is 49.7 Å². The number of aliphatic hydroxyl groups is 1. The normalized spacial score (nSPS) is 43.9. The second kappa shape index (κ2) is 4.62. The Balaban J connectivity index is 2.43. The number of fused-ring (bicyclic) bond motifs is 1. The Labute approximate surface area is 110 Å². The van der Waals surface area contributed by atoms with Crippen molar-refractivity contribution in [1.82, 2.24) is 0 Å². The summed E-state index contributed by atoms with van der Waals surface area (Å²) in [5, 5.41) is 19.6. The quantitative estimate of drug-likeness (QED) is 0.428. The average molecular weight is 254 g/mol. The molecule has 3 heteroatoms. The van der Waals surface area contributed by atoms with Crippen molar-refractivity contribution in [2.45, 2.75) is 65.6 Å². The van der Waals surface area contributed by atoms with Gasteiger partial charge in [-0.2, -0.15) is 0 Å². The van der Waals surface area contributed by atoms with Crippen LogP contribution in [0, 0.1) is 16.7 Å². The molecule has 0 unspecified atom stereocenters. The summed E-state index contributed by atoms with van der Waals surface area (Å²) in [6.07, 6.45) is 5.33. The summed E-state index contributed by atoms with van der Waals surface area (Å²) in [7, 11) is 0. The molecule has 0 heterocycles. The van der Waals surface area contributed by atoms with Crippen molar-refractivity contribution < 1.29 is 15.3 Å². The van der Waals surface area contributed by atoms with Crippen molar-refractivity contribution >= 4 is 0 Å². The van der Waals surface area contributed by atoms with Gasteiger partial charge in [-0.05, 0) is 36.7 Å². The highest BCUT2D eigenvalue weighted by molar-refractivity contribution is 5.18. The van der Waals surface area contributed by atoms with Crippen LogP contribution in [0.1, 0.15) is 53.4 Å². The molecule has 0 aliphatic heterocycles. The minimum atomic E-state index is -0.423. The Morgan fingerprint density at radius 1 is 1.28 bits per heavy atom. The molecule has 2 N–H and O–H groups in total. The molecule has 18 heavy (non-hydrogen) atoms. The minimum absolute atomic E-state index is 0.101. The molecule has 0 saturated heterocycles. The van der Waals surface area contributed by atoms with Crippen LogP contribution in [0.2, 0.25) is 0 Å². The predicted molar refractivity (Wildman–Crippen MR) is 71.1 cm³/mol. The molecule has 4 atom stereocenters. The molecule has 0 spiro atoms.